The van der Waals surface area contributed by atoms with Gasteiger partial charge in [0.1, 0.15) is 5.75 Å². The average Bonchev–Trinajstić information content (AvgIpc) is 2.58. The van der Waals surface area contributed by atoms with Crippen LogP contribution in [-0.2, 0) is 13.6 Å². The molecule has 0 aliphatic carbocycles. The van der Waals surface area contributed by atoms with Gasteiger partial charge in [0.25, 0.3) is 0 Å². The number of nitrogens with zero attached hydrogens (tertiary/aromatic N) is 2. The number of aromatic hydroxyl groups is 1. The lowest BCUT2D eigenvalue weighted by molar-refractivity contribution is 0.468. The van der Waals surface area contributed by atoms with E-state index in [9.17, 15) is 5.11 Å². The molecule has 2 aromatic rings. The van der Waals surface area contributed by atoms with E-state index in [0.717, 1.165) is 22.6 Å². The number of anilines is 1. The lowest BCUT2D eigenvalue weighted by Crippen LogP contribution is -2.02. The monoisotopic (exact) mass is 387 g/mol. The maximum absolute atomic E-state index is 9.68. The summed E-state index contributed by atoms with van der Waals surface area (Å²) < 4.78 is 3.22. The largest absolute Gasteiger partial charge is 0.506 e. The summed E-state index contributed by atoms with van der Waals surface area (Å²) in [5.41, 5.74) is 4.22. The maximum atomic E-state index is 9.68. The van der Waals surface area contributed by atoms with Crippen molar-refractivity contribution >= 4 is 37.5 Å². The molecule has 0 fully saturated rings. The Labute approximate surface area is 129 Å². The molecule has 1 heterocycles. The summed E-state index contributed by atoms with van der Waals surface area (Å²) in [5, 5.41) is 17.4. The maximum Gasteiger partial charge on any atom is 0.143 e. The molecule has 1 aromatic heterocycles. The van der Waals surface area contributed by atoms with Crippen LogP contribution in [0.4, 0.5) is 5.69 Å². The number of hydrogen-bond acceptors (Lipinski definition) is 3. The fourth-order valence-electron chi connectivity index (χ4n) is 1.94. The van der Waals surface area contributed by atoms with E-state index in [2.05, 4.69) is 42.3 Å². The van der Waals surface area contributed by atoms with Crippen molar-refractivity contribution in [2.24, 2.45) is 7.05 Å². The van der Waals surface area contributed by atoms with Crippen LogP contribution in [0.15, 0.2) is 21.1 Å². The molecule has 4 nitrogen and oxygen atoms in total. The second-order valence-corrected chi connectivity index (χ2v) is 6.14. The van der Waals surface area contributed by atoms with Crippen molar-refractivity contribution < 1.29 is 5.11 Å². The molecule has 0 radical (unpaired) electrons. The third-order valence-corrected chi connectivity index (χ3v) is 4.26. The molecule has 2 N–H and O–H groups in total. The first-order chi connectivity index (χ1) is 8.90. The van der Waals surface area contributed by atoms with Gasteiger partial charge in [0, 0.05) is 13.6 Å². The van der Waals surface area contributed by atoms with E-state index in [1.807, 2.05) is 37.7 Å². The summed E-state index contributed by atoms with van der Waals surface area (Å²) in [7, 11) is 1.93. The van der Waals surface area contributed by atoms with Crippen LogP contribution in [0.2, 0.25) is 0 Å². The average molecular weight is 389 g/mol. The molecule has 6 heteroatoms. The number of phenolic OH excluding ortho intramolecular Hbond substituents is 1. The first-order valence-electron chi connectivity index (χ1n) is 5.81. The van der Waals surface area contributed by atoms with Crippen molar-refractivity contribution in [1.29, 1.82) is 0 Å². The Morgan fingerprint density at radius 2 is 1.84 bits per heavy atom. The quantitative estimate of drug-likeness (QED) is 0.838. The molecular weight excluding hydrogens is 374 g/mol. The van der Waals surface area contributed by atoms with Gasteiger partial charge in [-0.2, -0.15) is 5.10 Å². The Morgan fingerprint density at radius 3 is 2.32 bits per heavy atom. The molecule has 0 aliphatic rings. The fraction of sp³-hybridized carbons (Fsp3) is 0.308. The van der Waals surface area contributed by atoms with Crippen molar-refractivity contribution in [2.75, 3.05) is 5.32 Å². The summed E-state index contributed by atoms with van der Waals surface area (Å²) in [6.45, 7) is 4.69. The highest BCUT2D eigenvalue weighted by atomic mass is 79.9. The minimum absolute atomic E-state index is 0.220. The van der Waals surface area contributed by atoms with Gasteiger partial charge in [-0.3, -0.25) is 4.68 Å². The van der Waals surface area contributed by atoms with Crippen LogP contribution in [0.1, 0.15) is 17.0 Å². The second kappa shape index (κ2) is 5.54. The van der Waals surface area contributed by atoms with Crippen LogP contribution in [0.3, 0.4) is 0 Å². The number of benzene rings is 1. The number of halogens is 2. The zero-order chi connectivity index (χ0) is 14.2. The number of phenols is 1. The summed E-state index contributed by atoms with van der Waals surface area (Å²) in [6.07, 6.45) is 0. The van der Waals surface area contributed by atoms with Crippen molar-refractivity contribution in [3.63, 3.8) is 0 Å². The number of aromatic nitrogens is 2. The van der Waals surface area contributed by atoms with Crippen molar-refractivity contribution in [1.82, 2.24) is 9.78 Å². The topological polar surface area (TPSA) is 50.1 Å². The zero-order valence-electron chi connectivity index (χ0n) is 11.0. The first kappa shape index (κ1) is 14.4. The summed E-state index contributed by atoms with van der Waals surface area (Å²) in [4.78, 5) is 0. The summed E-state index contributed by atoms with van der Waals surface area (Å²) in [5.74, 6) is 0.220. The van der Waals surface area contributed by atoms with E-state index in [0.29, 0.717) is 15.5 Å². The lowest BCUT2D eigenvalue weighted by atomic mass is 10.2. The van der Waals surface area contributed by atoms with Gasteiger partial charge < -0.3 is 10.4 Å². The Bertz CT molecular complexity index is 600. The Kier molecular flexibility index (Phi) is 4.20. The molecule has 0 atom stereocenters. The molecule has 2 rings (SSSR count). The minimum atomic E-state index is 0.220. The van der Waals surface area contributed by atoms with E-state index in [1.54, 1.807) is 0 Å². The molecule has 1 aromatic carbocycles. The highest BCUT2D eigenvalue weighted by molar-refractivity contribution is 9.11. The van der Waals surface area contributed by atoms with Gasteiger partial charge in [-0.1, -0.05) is 0 Å². The van der Waals surface area contributed by atoms with Gasteiger partial charge in [-0.05, 0) is 63.4 Å². The van der Waals surface area contributed by atoms with Gasteiger partial charge in [-0.15, -0.1) is 0 Å². The minimum Gasteiger partial charge on any atom is -0.506 e. The van der Waals surface area contributed by atoms with Gasteiger partial charge in [0.05, 0.1) is 26.0 Å². The zero-order valence-corrected chi connectivity index (χ0v) is 14.1. The molecule has 0 saturated carbocycles. The van der Waals surface area contributed by atoms with Crippen LogP contribution in [0.5, 0.6) is 5.75 Å². The van der Waals surface area contributed by atoms with E-state index in [4.69, 9.17) is 0 Å². The van der Waals surface area contributed by atoms with Crippen LogP contribution >= 0.6 is 31.9 Å². The Morgan fingerprint density at radius 1 is 1.26 bits per heavy atom. The van der Waals surface area contributed by atoms with Gasteiger partial charge in [0.15, 0.2) is 0 Å². The molecule has 102 valence electrons. The van der Waals surface area contributed by atoms with Crippen molar-refractivity contribution in [3.05, 3.63) is 38.0 Å². The Balaban J connectivity index is 2.19. The Hall–Kier alpha value is -1.01. The number of rotatable bonds is 3. The van der Waals surface area contributed by atoms with Crippen LogP contribution in [-0.4, -0.2) is 14.9 Å². The van der Waals surface area contributed by atoms with Crippen LogP contribution < -0.4 is 5.32 Å². The predicted molar refractivity (Wildman–Crippen MR) is 83.5 cm³/mol. The number of nitrogens with one attached hydrogen (secondary N) is 1. The molecule has 0 saturated heterocycles. The molecule has 0 bridgehead atoms. The molecular formula is C13H15Br2N3O. The smallest absolute Gasteiger partial charge is 0.143 e. The van der Waals surface area contributed by atoms with Crippen molar-refractivity contribution in [2.45, 2.75) is 20.4 Å². The first-order valence-corrected chi connectivity index (χ1v) is 7.39. The number of hydrogen-bond donors (Lipinski definition) is 2. The highest BCUT2D eigenvalue weighted by Crippen LogP contribution is 2.33. The summed E-state index contributed by atoms with van der Waals surface area (Å²) >= 11 is 6.66. The van der Waals surface area contributed by atoms with Crippen LogP contribution in [0.25, 0.3) is 0 Å². The molecule has 0 spiro atoms. The van der Waals surface area contributed by atoms with Gasteiger partial charge >= 0.3 is 0 Å². The highest BCUT2D eigenvalue weighted by Gasteiger charge is 2.10. The SMILES string of the molecule is Cc1nn(C)c(C)c1NCc1cc(Br)c(O)c(Br)c1. The normalized spacial score (nSPS) is 10.8. The number of aryl methyl sites for hydroxylation is 2. The standard InChI is InChI=1S/C13H15Br2N3O/c1-7-12(8(2)18(3)17-7)16-6-9-4-10(14)13(19)11(15)5-9/h4-5,16,19H,6H2,1-3H3. The molecule has 0 unspecified atom stereocenters. The van der Waals surface area contributed by atoms with E-state index in [-0.39, 0.29) is 5.75 Å². The van der Waals surface area contributed by atoms with E-state index >= 15 is 0 Å². The van der Waals surface area contributed by atoms with E-state index in [1.165, 1.54) is 0 Å². The summed E-state index contributed by atoms with van der Waals surface area (Å²) in [6, 6.07) is 3.79. The second-order valence-electron chi connectivity index (χ2n) is 4.43. The van der Waals surface area contributed by atoms with Gasteiger partial charge in [0.2, 0.25) is 0 Å². The fourth-order valence-corrected chi connectivity index (χ4v) is 3.22. The molecule has 19 heavy (non-hydrogen) atoms. The molecule has 0 aliphatic heterocycles. The third-order valence-electron chi connectivity index (χ3n) is 3.05. The predicted octanol–water partition coefficient (Wildman–Crippen LogP) is 3.88. The third kappa shape index (κ3) is 2.95. The van der Waals surface area contributed by atoms with Crippen LogP contribution in [0, 0.1) is 13.8 Å². The van der Waals surface area contributed by atoms with E-state index < -0.39 is 0 Å². The van der Waals surface area contributed by atoms with Gasteiger partial charge in [-0.25, -0.2) is 0 Å². The molecule has 0 amide bonds. The van der Waals surface area contributed by atoms with Crippen molar-refractivity contribution in [3.8, 4) is 5.75 Å². The lowest BCUT2D eigenvalue weighted by Gasteiger charge is -2.09.